The van der Waals surface area contributed by atoms with Gasteiger partial charge in [0.25, 0.3) is 0 Å². The third-order valence-corrected chi connectivity index (χ3v) is 4.94. The van der Waals surface area contributed by atoms with E-state index in [4.69, 9.17) is 15.9 Å². The number of nitrogens with zero attached hydrogens (tertiary/aromatic N) is 3. The molecule has 1 aromatic heterocycles. The molecule has 0 radical (unpaired) electrons. The van der Waals surface area contributed by atoms with Gasteiger partial charge in [0.15, 0.2) is 0 Å². The number of anilines is 3. The van der Waals surface area contributed by atoms with Crippen molar-refractivity contribution in [3.63, 3.8) is 0 Å². The van der Waals surface area contributed by atoms with E-state index in [1.54, 1.807) is 6.20 Å². The molecular weight excluding hydrogens is 394 g/mol. The Kier molecular flexibility index (Phi) is 6.26. The molecule has 8 nitrogen and oxygen atoms in total. The van der Waals surface area contributed by atoms with E-state index >= 15 is 0 Å². The Balaban J connectivity index is 1.60. The zero-order valence-electron chi connectivity index (χ0n) is 17.2. The minimum Gasteiger partial charge on any atom is -0.453 e. The first-order valence-electron chi connectivity index (χ1n) is 9.92. The molecule has 2 heterocycles. The minimum absolute atomic E-state index is 0.452. The van der Waals surface area contributed by atoms with Crippen LogP contribution in [0.15, 0.2) is 42.6 Å². The van der Waals surface area contributed by atoms with Gasteiger partial charge in [-0.25, -0.2) is 14.8 Å². The molecule has 158 valence electrons. The zero-order valence-corrected chi connectivity index (χ0v) is 17.2. The minimum atomic E-state index is -0.527. The highest BCUT2D eigenvalue weighted by Crippen LogP contribution is 2.24. The van der Waals surface area contributed by atoms with Crippen molar-refractivity contribution in [2.24, 2.45) is 0 Å². The average molecular weight is 417 g/mol. The molecule has 3 aromatic rings. The van der Waals surface area contributed by atoms with Crippen LogP contribution in [0.3, 0.4) is 0 Å². The van der Waals surface area contributed by atoms with Crippen molar-refractivity contribution in [2.45, 2.75) is 6.54 Å². The van der Waals surface area contributed by atoms with Crippen molar-refractivity contribution in [3.8, 4) is 12.3 Å². The number of carbonyl (C=O) groups is 1. The first-order chi connectivity index (χ1) is 15.1. The lowest BCUT2D eigenvalue weighted by atomic mass is 10.1. The van der Waals surface area contributed by atoms with Crippen LogP contribution < -0.4 is 10.6 Å². The number of morpholine rings is 1. The van der Waals surface area contributed by atoms with Gasteiger partial charge in [-0.2, -0.15) is 0 Å². The van der Waals surface area contributed by atoms with Gasteiger partial charge in [-0.1, -0.05) is 5.92 Å². The summed E-state index contributed by atoms with van der Waals surface area (Å²) in [5.41, 5.74) is 3.99. The summed E-state index contributed by atoms with van der Waals surface area (Å²) in [4.78, 5) is 23.0. The molecule has 0 spiro atoms. The summed E-state index contributed by atoms with van der Waals surface area (Å²) < 4.78 is 10.2. The molecule has 1 aliphatic rings. The molecule has 0 bridgehead atoms. The number of aromatic nitrogens is 2. The van der Waals surface area contributed by atoms with E-state index in [-0.39, 0.29) is 0 Å². The fourth-order valence-electron chi connectivity index (χ4n) is 3.43. The van der Waals surface area contributed by atoms with Gasteiger partial charge in [0, 0.05) is 48.2 Å². The van der Waals surface area contributed by atoms with Crippen molar-refractivity contribution in [1.82, 2.24) is 14.9 Å². The predicted molar refractivity (Wildman–Crippen MR) is 119 cm³/mol. The monoisotopic (exact) mass is 417 g/mol. The number of ether oxygens (including phenoxy) is 2. The second-order valence-corrected chi connectivity index (χ2v) is 7.16. The Morgan fingerprint density at radius 2 is 2.03 bits per heavy atom. The van der Waals surface area contributed by atoms with Crippen LogP contribution in [0.25, 0.3) is 10.9 Å². The Morgan fingerprint density at radius 3 is 2.81 bits per heavy atom. The number of hydrogen-bond acceptors (Lipinski definition) is 7. The summed E-state index contributed by atoms with van der Waals surface area (Å²) in [6.45, 7) is 3.91. The lowest BCUT2D eigenvalue weighted by Gasteiger charge is -2.27. The first kappa shape index (κ1) is 20.6. The van der Waals surface area contributed by atoms with Crippen molar-refractivity contribution < 1.29 is 14.3 Å². The van der Waals surface area contributed by atoms with Crippen LogP contribution in [0.2, 0.25) is 0 Å². The molecule has 2 N–H and O–H groups in total. The standard InChI is InChI=1S/C23H23N5O3/c1-3-16-4-5-21-18(10-16)14-24-22(27-21)25-19-11-17(15-28-6-8-31-9-7-28)12-20(13-19)26-23(29)30-2/h1,4-5,10-14H,6-9,15H2,2H3,(H,26,29)(H,24,25,27). The maximum Gasteiger partial charge on any atom is 0.411 e. The first-order valence-corrected chi connectivity index (χ1v) is 9.92. The fraction of sp³-hybridized carbons (Fsp3) is 0.261. The number of rotatable bonds is 5. The van der Waals surface area contributed by atoms with Gasteiger partial charge in [-0.3, -0.25) is 10.2 Å². The van der Waals surface area contributed by atoms with Crippen molar-refractivity contribution in [2.75, 3.05) is 44.0 Å². The number of nitrogens with one attached hydrogen (secondary N) is 2. The quantitative estimate of drug-likeness (QED) is 0.616. The highest BCUT2D eigenvalue weighted by molar-refractivity contribution is 5.86. The molecule has 1 amide bonds. The Hall–Kier alpha value is -3.67. The smallest absolute Gasteiger partial charge is 0.411 e. The number of benzene rings is 2. The van der Waals surface area contributed by atoms with Gasteiger partial charge >= 0.3 is 6.09 Å². The van der Waals surface area contributed by atoms with E-state index in [0.29, 0.717) is 11.6 Å². The van der Waals surface area contributed by atoms with Gasteiger partial charge in [0.2, 0.25) is 5.95 Å². The van der Waals surface area contributed by atoms with E-state index in [2.05, 4.69) is 31.4 Å². The maximum absolute atomic E-state index is 11.7. The molecule has 0 aliphatic carbocycles. The third kappa shape index (κ3) is 5.28. The summed E-state index contributed by atoms with van der Waals surface area (Å²) in [5, 5.41) is 6.84. The summed E-state index contributed by atoms with van der Waals surface area (Å²) in [5.74, 6) is 3.06. The van der Waals surface area contributed by atoms with E-state index in [0.717, 1.165) is 60.6 Å². The summed E-state index contributed by atoms with van der Waals surface area (Å²) in [7, 11) is 1.33. The molecular formula is C23H23N5O3. The van der Waals surface area contributed by atoms with Crippen LogP contribution in [0.5, 0.6) is 0 Å². The van der Waals surface area contributed by atoms with E-state index in [1.807, 2.05) is 36.4 Å². The molecule has 4 rings (SSSR count). The fourth-order valence-corrected chi connectivity index (χ4v) is 3.43. The Morgan fingerprint density at radius 1 is 1.23 bits per heavy atom. The van der Waals surface area contributed by atoms with Crippen LogP contribution >= 0.6 is 0 Å². The van der Waals surface area contributed by atoms with Gasteiger partial charge in [0.1, 0.15) is 0 Å². The molecule has 31 heavy (non-hydrogen) atoms. The molecule has 1 saturated heterocycles. The summed E-state index contributed by atoms with van der Waals surface area (Å²) in [6.07, 6.45) is 6.67. The van der Waals surface area contributed by atoms with Crippen LogP contribution in [-0.2, 0) is 16.0 Å². The van der Waals surface area contributed by atoms with Crippen LogP contribution in [0, 0.1) is 12.3 Å². The van der Waals surface area contributed by atoms with Gasteiger partial charge < -0.3 is 14.8 Å². The number of terminal acetylenes is 1. The largest absolute Gasteiger partial charge is 0.453 e. The van der Waals surface area contributed by atoms with Crippen molar-refractivity contribution in [3.05, 3.63) is 53.7 Å². The molecule has 1 fully saturated rings. The number of carbonyl (C=O) groups excluding carboxylic acids is 1. The second kappa shape index (κ2) is 9.43. The second-order valence-electron chi connectivity index (χ2n) is 7.16. The highest BCUT2D eigenvalue weighted by Gasteiger charge is 2.13. The van der Waals surface area contributed by atoms with E-state index in [1.165, 1.54) is 7.11 Å². The number of methoxy groups -OCH3 is 1. The van der Waals surface area contributed by atoms with Gasteiger partial charge in [0.05, 0.1) is 25.8 Å². The van der Waals surface area contributed by atoms with E-state index in [9.17, 15) is 4.79 Å². The molecule has 0 unspecified atom stereocenters. The van der Waals surface area contributed by atoms with E-state index < -0.39 is 6.09 Å². The lowest BCUT2D eigenvalue weighted by Crippen LogP contribution is -2.35. The van der Waals surface area contributed by atoms with Crippen molar-refractivity contribution in [1.29, 1.82) is 0 Å². The zero-order chi connectivity index (χ0) is 21.6. The average Bonchev–Trinajstić information content (AvgIpc) is 2.79. The van der Waals surface area contributed by atoms with Crippen LogP contribution in [0.4, 0.5) is 22.1 Å². The number of amides is 1. The van der Waals surface area contributed by atoms with Crippen LogP contribution in [-0.4, -0.2) is 54.4 Å². The molecule has 0 atom stereocenters. The highest BCUT2D eigenvalue weighted by atomic mass is 16.5. The topological polar surface area (TPSA) is 88.6 Å². The Bertz CT molecular complexity index is 1140. The van der Waals surface area contributed by atoms with Gasteiger partial charge in [-0.05, 0) is 42.0 Å². The third-order valence-electron chi connectivity index (χ3n) is 4.94. The maximum atomic E-state index is 11.7. The summed E-state index contributed by atoms with van der Waals surface area (Å²) in [6, 6.07) is 11.4. The molecule has 8 heteroatoms. The molecule has 0 saturated carbocycles. The summed E-state index contributed by atoms with van der Waals surface area (Å²) >= 11 is 0. The number of hydrogen-bond donors (Lipinski definition) is 2. The molecule has 2 aromatic carbocycles. The predicted octanol–water partition coefficient (Wildman–Crippen LogP) is 3.37. The molecule has 1 aliphatic heterocycles. The lowest BCUT2D eigenvalue weighted by molar-refractivity contribution is 0.0342. The van der Waals surface area contributed by atoms with Crippen LogP contribution in [0.1, 0.15) is 11.1 Å². The Labute approximate surface area is 180 Å². The normalized spacial score (nSPS) is 14.1. The van der Waals surface area contributed by atoms with Gasteiger partial charge in [-0.15, -0.1) is 6.42 Å². The SMILES string of the molecule is C#Cc1ccc2nc(Nc3cc(CN4CCOCC4)cc(NC(=O)OC)c3)ncc2c1. The van der Waals surface area contributed by atoms with Crippen molar-refractivity contribution >= 4 is 34.3 Å². The number of fused-ring (bicyclic) bond motifs is 1.